The zero-order valence-electron chi connectivity index (χ0n) is 16.6. The molecule has 1 N–H and O–H groups in total. The van der Waals surface area contributed by atoms with E-state index in [0.717, 1.165) is 29.1 Å². The molecule has 0 aliphatic carbocycles. The fraction of sp³-hybridized carbons (Fsp3) is 0.0769. The van der Waals surface area contributed by atoms with E-state index in [1.165, 1.54) is 16.7 Å². The number of hydrogen-bond acceptors (Lipinski definition) is 3. The molecule has 0 fully saturated rings. The van der Waals surface area contributed by atoms with Gasteiger partial charge in [-0.05, 0) is 28.8 Å². The van der Waals surface area contributed by atoms with Crippen LogP contribution in [0.5, 0.6) is 0 Å². The van der Waals surface area contributed by atoms with Crippen molar-refractivity contribution in [2.75, 3.05) is 4.90 Å². The van der Waals surface area contributed by atoms with Crippen molar-refractivity contribution >= 4 is 11.9 Å². The molecule has 146 valence electrons. The molecule has 0 bridgehead atoms. The molecule has 0 atom stereocenters. The molecule has 1 aliphatic rings. The average molecular weight is 390 g/mol. The Labute approximate surface area is 176 Å². The largest absolute Gasteiger partial charge is 0.347 e. The second kappa shape index (κ2) is 8.21. The van der Waals surface area contributed by atoms with Crippen LogP contribution >= 0.6 is 0 Å². The molecule has 4 heteroatoms. The van der Waals surface area contributed by atoms with E-state index in [1.54, 1.807) is 6.33 Å². The van der Waals surface area contributed by atoms with Crippen molar-refractivity contribution in [3.05, 3.63) is 120 Å². The van der Waals surface area contributed by atoms with Crippen molar-refractivity contribution < 1.29 is 0 Å². The van der Waals surface area contributed by atoms with Gasteiger partial charge in [0.05, 0.1) is 24.3 Å². The summed E-state index contributed by atoms with van der Waals surface area (Å²) in [5.74, 6) is 0. The number of anilines is 1. The zero-order valence-corrected chi connectivity index (χ0v) is 16.6. The number of H-pyrrole nitrogens is 1. The van der Waals surface area contributed by atoms with Crippen LogP contribution in [0.2, 0.25) is 0 Å². The number of nitrogens with one attached hydrogen (secondary N) is 1. The van der Waals surface area contributed by atoms with Crippen LogP contribution < -0.4 is 4.90 Å². The molecule has 30 heavy (non-hydrogen) atoms. The molecule has 3 aromatic carbocycles. The summed E-state index contributed by atoms with van der Waals surface area (Å²) in [5.41, 5.74) is 7.97. The third-order valence-corrected chi connectivity index (χ3v) is 5.24. The van der Waals surface area contributed by atoms with Gasteiger partial charge in [-0.1, -0.05) is 66.7 Å². The van der Waals surface area contributed by atoms with Gasteiger partial charge in [0.2, 0.25) is 0 Å². The van der Waals surface area contributed by atoms with Gasteiger partial charge in [0.25, 0.3) is 0 Å². The molecule has 0 unspecified atom stereocenters. The van der Waals surface area contributed by atoms with Gasteiger partial charge in [0.15, 0.2) is 0 Å². The topological polar surface area (TPSA) is 44.3 Å². The van der Waals surface area contributed by atoms with E-state index >= 15 is 0 Å². The van der Waals surface area contributed by atoms with Crippen molar-refractivity contribution in [3.8, 4) is 11.1 Å². The summed E-state index contributed by atoms with van der Waals surface area (Å²) in [7, 11) is 0. The maximum atomic E-state index is 4.84. The van der Waals surface area contributed by atoms with Crippen molar-refractivity contribution in [2.24, 2.45) is 4.99 Å². The van der Waals surface area contributed by atoms with Crippen molar-refractivity contribution in [3.63, 3.8) is 0 Å². The number of hydrogen-bond donors (Lipinski definition) is 1. The molecule has 2 heterocycles. The molecule has 4 aromatic rings. The number of benzene rings is 3. The van der Waals surface area contributed by atoms with Gasteiger partial charge in [-0.25, -0.2) is 4.98 Å². The van der Waals surface area contributed by atoms with E-state index < -0.39 is 0 Å². The average Bonchev–Trinajstić information content (AvgIpc) is 3.25. The number of aromatic nitrogens is 2. The Kier molecular flexibility index (Phi) is 4.96. The summed E-state index contributed by atoms with van der Waals surface area (Å²) in [5, 5.41) is 0. The maximum Gasteiger partial charge on any atom is 0.0922 e. The Hall–Kier alpha value is -3.92. The van der Waals surface area contributed by atoms with E-state index in [4.69, 9.17) is 4.99 Å². The number of rotatable bonds is 5. The fourth-order valence-electron chi connectivity index (χ4n) is 3.75. The molecule has 0 spiro atoms. The quantitative estimate of drug-likeness (QED) is 0.482. The molecule has 0 saturated carbocycles. The Balaban J connectivity index is 1.53. The van der Waals surface area contributed by atoms with Gasteiger partial charge in [-0.3, -0.25) is 4.99 Å². The van der Waals surface area contributed by atoms with Crippen molar-refractivity contribution in [2.45, 2.75) is 13.0 Å². The number of imidazole rings is 1. The van der Waals surface area contributed by atoms with E-state index in [0.29, 0.717) is 6.54 Å². The van der Waals surface area contributed by atoms with Gasteiger partial charge in [-0.2, -0.15) is 0 Å². The van der Waals surface area contributed by atoms with Crippen LogP contribution in [-0.2, 0) is 13.0 Å². The SMILES string of the molecule is C1=NC(Cc2ccccc2)=CN(Cc2cnc[nH]2)c2ccc(-c3ccccc3)cc21. The zero-order chi connectivity index (χ0) is 20.2. The Morgan fingerprint density at radius 2 is 1.63 bits per heavy atom. The summed E-state index contributed by atoms with van der Waals surface area (Å²) in [6.07, 6.45) is 8.52. The van der Waals surface area contributed by atoms with E-state index in [2.05, 4.69) is 87.8 Å². The number of aliphatic imine (C=N–C) groups is 1. The molecule has 1 aromatic heterocycles. The standard InChI is InChI=1S/C26H22N4/c1-3-7-20(8-4-1)13-24-17-30(18-25-16-27-19-29-25)26-12-11-22(14-23(26)15-28-24)21-9-5-2-6-10-21/h1-12,14-17,19H,13,18H2,(H,27,29). The molecule has 0 amide bonds. The van der Waals surface area contributed by atoms with Crippen LogP contribution in [0.15, 0.2) is 108 Å². The number of aromatic amines is 1. The Morgan fingerprint density at radius 3 is 2.40 bits per heavy atom. The van der Waals surface area contributed by atoms with Crippen LogP contribution in [-0.4, -0.2) is 16.2 Å². The molecule has 1 aliphatic heterocycles. The van der Waals surface area contributed by atoms with E-state index in [9.17, 15) is 0 Å². The fourth-order valence-corrected chi connectivity index (χ4v) is 3.75. The first kappa shape index (κ1) is 18.1. The summed E-state index contributed by atoms with van der Waals surface area (Å²) < 4.78 is 0. The normalized spacial score (nSPS) is 12.9. The lowest BCUT2D eigenvalue weighted by Crippen LogP contribution is -2.17. The highest BCUT2D eigenvalue weighted by Gasteiger charge is 2.15. The van der Waals surface area contributed by atoms with Gasteiger partial charge < -0.3 is 9.88 Å². The molecule has 5 rings (SSSR count). The first-order chi connectivity index (χ1) is 14.8. The minimum Gasteiger partial charge on any atom is -0.347 e. The lowest BCUT2D eigenvalue weighted by Gasteiger charge is -2.22. The summed E-state index contributed by atoms with van der Waals surface area (Å²) >= 11 is 0. The highest BCUT2D eigenvalue weighted by atomic mass is 15.1. The number of fused-ring (bicyclic) bond motifs is 1. The second-order valence-corrected chi connectivity index (χ2v) is 7.39. The predicted octanol–water partition coefficient (Wildman–Crippen LogP) is 5.60. The van der Waals surface area contributed by atoms with Crippen molar-refractivity contribution in [1.29, 1.82) is 0 Å². The Morgan fingerprint density at radius 1 is 0.833 bits per heavy atom. The Bertz CT molecular complexity index is 1180. The van der Waals surface area contributed by atoms with E-state index in [1.807, 2.05) is 24.5 Å². The monoisotopic (exact) mass is 390 g/mol. The molecular weight excluding hydrogens is 368 g/mol. The minimum atomic E-state index is 0.708. The van der Waals surface area contributed by atoms with Crippen LogP contribution in [0.4, 0.5) is 5.69 Å². The summed E-state index contributed by atoms with van der Waals surface area (Å²) in [6, 6.07) is 27.5. The molecule has 0 radical (unpaired) electrons. The highest BCUT2D eigenvalue weighted by Crippen LogP contribution is 2.30. The third-order valence-electron chi connectivity index (χ3n) is 5.24. The summed E-state index contributed by atoms with van der Waals surface area (Å²) in [6.45, 7) is 0.708. The third kappa shape index (κ3) is 3.94. The van der Waals surface area contributed by atoms with Gasteiger partial charge in [0.1, 0.15) is 0 Å². The van der Waals surface area contributed by atoms with Crippen molar-refractivity contribution in [1.82, 2.24) is 9.97 Å². The van der Waals surface area contributed by atoms with Gasteiger partial charge in [-0.15, -0.1) is 0 Å². The van der Waals surface area contributed by atoms with Crippen LogP contribution in [0, 0.1) is 0 Å². The van der Waals surface area contributed by atoms with Gasteiger partial charge >= 0.3 is 0 Å². The first-order valence-corrected chi connectivity index (χ1v) is 10.1. The number of nitrogens with zero attached hydrogens (tertiary/aromatic N) is 3. The maximum absolute atomic E-state index is 4.84. The van der Waals surface area contributed by atoms with E-state index in [-0.39, 0.29) is 0 Å². The number of allylic oxidation sites excluding steroid dienone is 1. The summed E-state index contributed by atoms with van der Waals surface area (Å²) in [4.78, 5) is 14.5. The van der Waals surface area contributed by atoms with Gasteiger partial charge in [0, 0.05) is 36.3 Å². The molecular formula is C26H22N4. The first-order valence-electron chi connectivity index (χ1n) is 10.1. The minimum absolute atomic E-state index is 0.708. The van der Waals surface area contributed by atoms with Crippen LogP contribution in [0.3, 0.4) is 0 Å². The second-order valence-electron chi connectivity index (χ2n) is 7.39. The smallest absolute Gasteiger partial charge is 0.0922 e. The lowest BCUT2D eigenvalue weighted by atomic mass is 10.0. The molecule has 4 nitrogen and oxygen atoms in total. The molecule has 0 saturated heterocycles. The highest BCUT2D eigenvalue weighted by molar-refractivity contribution is 5.92. The van der Waals surface area contributed by atoms with Crippen LogP contribution in [0.1, 0.15) is 16.8 Å². The van der Waals surface area contributed by atoms with Crippen LogP contribution in [0.25, 0.3) is 11.1 Å². The lowest BCUT2D eigenvalue weighted by molar-refractivity contribution is 0.917. The predicted molar refractivity (Wildman–Crippen MR) is 122 cm³/mol.